The van der Waals surface area contributed by atoms with E-state index in [9.17, 15) is 0 Å². The zero-order valence-corrected chi connectivity index (χ0v) is 16.6. The predicted molar refractivity (Wildman–Crippen MR) is 101 cm³/mol. The summed E-state index contributed by atoms with van der Waals surface area (Å²) in [6.45, 7) is 23.1. The van der Waals surface area contributed by atoms with Crippen molar-refractivity contribution in [3.63, 3.8) is 0 Å². The van der Waals surface area contributed by atoms with Crippen LogP contribution in [0.4, 0.5) is 0 Å². The maximum Gasteiger partial charge on any atom is 0.0126 e. The molecule has 1 atom stereocenters. The van der Waals surface area contributed by atoms with Crippen molar-refractivity contribution in [2.75, 3.05) is 45.8 Å². The lowest BCUT2D eigenvalue weighted by molar-refractivity contribution is 0.0554. The molecular weight excluding hydrogens is 282 g/mol. The van der Waals surface area contributed by atoms with E-state index in [2.05, 4.69) is 56.2 Å². The van der Waals surface area contributed by atoms with Crippen LogP contribution in [0.25, 0.3) is 0 Å². The maximum absolute atomic E-state index is 2.71. The van der Waals surface area contributed by atoms with Crippen LogP contribution >= 0.6 is 0 Å². The highest BCUT2D eigenvalue weighted by molar-refractivity contribution is 4.83. The third-order valence-corrected chi connectivity index (χ3v) is 6.36. The molecule has 2 heterocycles. The highest BCUT2D eigenvalue weighted by atomic mass is 15.3. The molecule has 0 bridgehead atoms. The summed E-state index contributed by atoms with van der Waals surface area (Å²) in [5.74, 6) is 1.75. The van der Waals surface area contributed by atoms with Crippen molar-refractivity contribution in [3.8, 4) is 0 Å². The summed E-state index contributed by atoms with van der Waals surface area (Å²) in [5.41, 5.74) is 0.339. The molecule has 2 aliphatic rings. The Hall–Kier alpha value is -0.120. The molecular formula is C20H41N3. The van der Waals surface area contributed by atoms with Gasteiger partial charge in [-0.2, -0.15) is 0 Å². The van der Waals surface area contributed by atoms with Crippen LogP contribution in [0.3, 0.4) is 0 Å². The van der Waals surface area contributed by atoms with E-state index >= 15 is 0 Å². The van der Waals surface area contributed by atoms with Crippen molar-refractivity contribution in [2.24, 2.45) is 11.8 Å². The Kier molecular flexibility index (Phi) is 6.94. The fourth-order valence-corrected chi connectivity index (χ4v) is 4.08. The maximum atomic E-state index is 2.71. The summed E-state index contributed by atoms with van der Waals surface area (Å²) < 4.78 is 0. The Bertz CT molecular complexity index is 331. The van der Waals surface area contributed by atoms with Gasteiger partial charge in [-0.05, 0) is 78.4 Å². The van der Waals surface area contributed by atoms with Crippen molar-refractivity contribution in [1.82, 2.24) is 14.7 Å². The quantitative estimate of drug-likeness (QED) is 0.766. The second-order valence-corrected chi connectivity index (χ2v) is 9.25. The van der Waals surface area contributed by atoms with E-state index in [1.165, 1.54) is 65.1 Å². The van der Waals surface area contributed by atoms with Gasteiger partial charge in [0.2, 0.25) is 0 Å². The molecule has 0 aliphatic carbocycles. The first-order valence-corrected chi connectivity index (χ1v) is 9.99. The van der Waals surface area contributed by atoms with Crippen molar-refractivity contribution >= 4 is 0 Å². The molecule has 0 radical (unpaired) electrons. The van der Waals surface area contributed by atoms with E-state index in [1.807, 2.05) is 0 Å². The number of nitrogens with zero attached hydrogens (tertiary/aromatic N) is 3. The zero-order chi connectivity index (χ0) is 17.0. The van der Waals surface area contributed by atoms with Gasteiger partial charge in [-0.25, -0.2) is 0 Å². The second kappa shape index (κ2) is 8.31. The highest BCUT2D eigenvalue weighted by Crippen LogP contribution is 2.24. The Morgan fingerprint density at radius 2 is 1.43 bits per heavy atom. The Labute approximate surface area is 145 Å². The van der Waals surface area contributed by atoms with Gasteiger partial charge < -0.3 is 9.80 Å². The Balaban J connectivity index is 1.63. The predicted octanol–water partition coefficient (Wildman–Crippen LogP) is 3.55. The smallest absolute Gasteiger partial charge is 0.0126 e. The lowest BCUT2D eigenvalue weighted by Crippen LogP contribution is -2.53. The molecule has 0 N–H and O–H groups in total. The van der Waals surface area contributed by atoms with Gasteiger partial charge in [-0.1, -0.05) is 13.8 Å². The average Bonchev–Trinajstić information content (AvgIpc) is 2.52. The van der Waals surface area contributed by atoms with E-state index in [4.69, 9.17) is 0 Å². The van der Waals surface area contributed by atoms with Crippen LogP contribution in [0.5, 0.6) is 0 Å². The summed E-state index contributed by atoms with van der Waals surface area (Å²) >= 11 is 0. The molecule has 0 spiro atoms. The Morgan fingerprint density at radius 1 is 0.870 bits per heavy atom. The molecule has 0 amide bonds. The summed E-state index contributed by atoms with van der Waals surface area (Å²) in [4.78, 5) is 8.05. The molecule has 3 heteroatoms. The summed E-state index contributed by atoms with van der Waals surface area (Å²) in [6, 6.07) is 0.751. The monoisotopic (exact) mass is 323 g/mol. The van der Waals surface area contributed by atoms with Crippen LogP contribution in [0.15, 0.2) is 0 Å². The van der Waals surface area contributed by atoms with Crippen LogP contribution < -0.4 is 0 Å². The third-order valence-electron chi connectivity index (χ3n) is 6.36. The fraction of sp³-hybridized carbons (Fsp3) is 1.00. The largest absolute Gasteiger partial charge is 0.301 e. The van der Waals surface area contributed by atoms with Gasteiger partial charge in [-0.15, -0.1) is 0 Å². The first-order chi connectivity index (χ1) is 10.8. The minimum Gasteiger partial charge on any atom is -0.301 e. The molecule has 23 heavy (non-hydrogen) atoms. The summed E-state index contributed by atoms with van der Waals surface area (Å²) in [7, 11) is 0. The van der Waals surface area contributed by atoms with E-state index in [0.717, 1.165) is 17.9 Å². The third kappa shape index (κ3) is 5.72. The van der Waals surface area contributed by atoms with Crippen molar-refractivity contribution in [2.45, 2.75) is 72.4 Å². The molecule has 2 rings (SSSR count). The Morgan fingerprint density at radius 3 is 1.91 bits per heavy atom. The molecule has 0 saturated carbocycles. The summed E-state index contributed by atoms with van der Waals surface area (Å²) in [5, 5.41) is 0. The van der Waals surface area contributed by atoms with Crippen LogP contribution in [-0.4, -0.2) is 72.1 Å². The van der Waals surface area contributed by atoms with E-state index in [-0.39, 0.29) is 0 Å². The van der Waals surface area contributed by atoms with Crippen molar-refractivity contribution < 1.29 is 0 Å². The van der Waals surface area contributed by atoms with Gasteiger partial charge in [-0.3, -0.25) is 4.90 Å². The van der Waals surface area contributed by atoms with Crippen LogP contribution in [0.2, 0.25) is 0 Å². The first-order valence-electron chi connectivity index (χ1n) is 9.99. The lowest BCUT2D eigenvalue weighted by atomic mass is 9.91. The first kappa shape index (κ1) is 19.2. The average molecular weight is 324 g/mol. The number of likely N-dealkylation sites (tertiary alicyclic amines) is 1. The second-order valence-electron chi connectivity index (χ2n) is 9.25. The SMILES string of the molecule is CC(C)C(C)N1CCC(CCN2CCN(C(C)(C)C)CC2)CC1. The number of rotatable bonds is 5. The van der Waals surface area contributed by atoms with E-state index in [0.29, 0.717) is 5.54 Å². The van der Waals surface area contributed by atoms with Gasteiger partial charge >= 0.3 is 0 Å². The van der Waals surface area contributed by atoms with Crippen LogP contribution in [0.1, 0.15) is 60.8 Å². The van der Waals surface area contributed by atoms with Crippen molar-refractivity contribution in [3.05, 3.63) is 0 Å². The standard InChI is InChI=1S/C20H41N3/c1-17(2)18(3)22-11-8-19(9-12-22)7-10-21-13-15-23(16-14-21)20(4,5)6/h17-19H,7-16H2,1-6H3. The molecule has 0 aromatic carbocycles. The molecule has 136 valence electrons. The summed E-state index contributed by atoms with van der Waals surface area (Å²) in [6.07, 6.45) is 4.25. The van der Waals surface area contributed by atoms with E-state index < -0.39 is 0 Å². The lowest BCUT2D eigenvalue weighted by Gasteiger charge is -2.43. The fourth-order valence-electron chi connectivity index (χ4n) is 4.08. The minimum absolute atomic E-state index is 0.339. The minimum atomic E-state index is 0.339. The molecule has 2 aliphatic heterocycles. The highest BCUT2D eigenvalue weighted by Gasteiger charge is 2.27. The molecule has 0 aromatic rings. The molecule has 0 aromatic heterocycles. The number of piperazine rings is 1. The number of piperidine rings is 1. The topological polar surface area (TPSA) is 9.72 Å². The van der Waals surface area contributed by atoms with Crippen molar-refractivity contribution in [1.29, 1.82) is 0 Å². The van der Waals surface area contributed by atoms with Crippen LogP contribution in [0, 0.1) is 11.8 Å². The molecule has 2 saturated heterocycles. The number of hydrogen-bond donors (Lipinski definition) is 0. The van der Waals surface area contributed by atoms with Gasteiger partial charge in [0.1, 0.15) is 0 Å². The molecule has 1 unspecified atom stereocenters. The number of hydrogen-bond acceptors (Lipinski definition) is 3. The van der Waals surface area contributed by atoms with Crippen LogP contribution in [-0.2, 0) is 0 Å². The van der Waals surface area contributed by atoms with Gasteiger partial charge in [0.05, 0.1) is 0 Å². The normalized spacial score (nSPS) is 25.2. The zero-order valence-electron chi connectivity index (χ0n) is 16.6. The van der Waals surface area contributed by atoms with E-state index in [1.54, 1.807) is 0 Å². The van der Waals surface area contributed by atoms with Gasteiger partial charge in [0, 0.05) is 37.8 Å². The van der Waals surface area contributed by atoms with Gasteiger partial charge in [0.25, 0.3) is 0 Å². The molecule has 2 fully saturated rings. The molecule has 3 nitrogen and oxygen atoms in total. The van der Waals surface area contributed by atoms with Gasteiger partial charge in [0.15, 0.2) is 0 Å².